The molecule has 0 bridgehead atoms. The van der Waals surface area contributed by atoms with E-state index in [1.54, 1.807) is 14.2 Å². The molecule has 3 aromatic rings. The molecule has 0 fully saturated rings. The Kier molecular flexibility index (Phi) is 6.34. The fourth-order valence-electron chi connectivity index (χ4n) is 3.71. The van der Waals surface area contributed by atoms with Gasteiger partial charge in [-0.1, -0.05) is 24.3 Å². The number of ether oxygens (including phenoxy) is 3. The second kappa shape index (κ2) is 8.92. The first kappa shape index (κ1) is 20.6. The number of carbonyl (C=O) groups excluding carboxylic acids is 1. The highest BCUT2D eigenvalue weighted by Crippen LogP contribution is 2.30. The van der Waals surface area contributed by atoms with Crippen LogP contribution in [0.2, 0.25) is 0 Å². The van der Waals surface area contributed by atoms with E-state index in [1.165, 1.54) is 7.11 Å². The highest BCUT2D eigenvalue weighted by molar-refractivity contribution is 5.98. The van der Waals surface area contributed by atoms with E-state index >= 15 is 0 Å². The molecule has 6 heteroatoms. The molecular weight excluding hydrogens is 368 g/mol. The molecule has 152 valence electrons. The Morgan fingerprint density at radius 2 is 1.76 bits per heavy atom. The van der Waals surface area contributed by atoms with Crippen LogP contribution in [-0.4, -0.2) is 39.3 Å². The summed E-state index contributed by atoms with van der Waals surface area (Å²) in [5.41, 5.74) is 4.07. The third kappa shape index (κ3) is 4.17. The minimum absolute atomic E-state index is 0.359. The fourth-order valence-corrected chi connectivity index (χ4v) is 3.71. The fraction of sp³-hybridized carbons (Fsp3) is 0.304. The van der Waals surface area contributed by atoms with Crippen molar-refractivity contribution in [2.24, 2.45) is 0 Å². The van der Waals surface area contributed by atoms with E-state index in [0.29, 0.717) is 24.4 Å². The number of hydrogen-bond donors (Lipinski definition) is 1. The summed E-state index contributed by atoms with van der Waals surface area (Å²) in [6, 6.07) is 13.7. The van der Waals surface area contributed by atoms with Gasteiger partial charge in [-0.25, -0.2) is 9.78 Å². The van der Waals surface area contributed by atoms with E-state index in [2.05, 4.69) is 7.05 Å². The lowest BCUT2D eigenvalue weighted by molar-refractivity contribution is -0.908. The van der Waals surface area contributed by atoms with E-state index < -0.39 is 0 Å². The number of benzene rings is 2. The molecular formula is C23H27N2O4+. The lowest BCUT2D eigenvalue weighted by Crippen LogP contribution is -3.06. The number of quaternary nitrogens is 1. The summed E-state index contributed by atoms with van der Waals surface area (Å²) < 4.78 is 16.0. The minimum Gasteiger partial charge on any atom is -0.493 e. The first-order valence-electron chi connectivity index (χ1n) is 9.47. The average Bonchev–Trinajstić information content (AvgIpc) is 2.73. The van der Waals surface area contributed by atoms with Crippen LogP contribution in [0.1, 0.15) is 27.2 Å². The van der Waals surface area contributed by atoms with Crippen LogP contribution in [0.15, 0.2) is 42.5 Å². The molecule has 2 aromatic carbocycles. The van der Waals surface area contributed by atoms with Gasteiger partial charge in [-0.15, -0.1) is 0 Å². The van der Waals surface area contributed by atoms with Crippen molar-refractivity contribution in [1.82, 2.24) is 4.98 Å². The molecule has 0 aliphatic rings. The number of nitrogens with one attached hydrogen (secondary N) is 1. The molecule has 1 N–H and O–H groups in total. The van der Waals surface area contributed by atoms with Crippen LogP contribution in [-0.2, 0) is 17.8 Å². The number of methoxy groups -OCH3 is 3. The maximum absolute atomic E-state index is 12.5. The number of para-hydroxylation sites is 2. The Morgan fingerprint density at radius 1 is 1.00 bits per heavy atom. The standard InChI is InChI=1S/C23H26N2O4/c1-15-17-10-6-7-11-18(17)24-19(21(15)23(26)29-5)14-25(2)13-16-9-8-12-20(27-3)22(16)28-4/h6-12H,13-14H2,1-5H3/p+1. The van der Waals surface area contributed by atoms with Crippen LogP contribution in [0.25, 0.3) is 10.9 Å². The van der Waals surface area contributed by atoms with Crippen LogP contribution in [0.5, 0.6) is 11.5 Å². The highest BCUT2D eigenvalue weighted by Gasteiger charge is 2.22. The first-order valence-corrected chi connectivity index (χ1v) is 9.47. The monoisotopic (exact) mass is 395 g/mol. The molecule has 1 atom stereocenters. The van der Waals surface area contributed by atoms with Gasteiger partial charge >= 0.3 is 5.97 Å². The Labute approximate surface area is 171 Å². The minimum atomic E-state index is -0.359. The number of aromatic nitrogens is 1. The predicted octanol–water partition coefficient (Wildman–Crippen LogP) is 2.56. The summed E-state index contributed by atoms with van der Waals surface area (Å²) in [6.07, 6.45) is 0. The number of hydrogen-bond acceptors (Lipinski definition) is 5. The molecule has 0 radical (unpaired) electrons. The van der Waals surface area contributed by atoms with Crippen molar-refractivity contribution in [3.8, 4) is 11.5 Å². The Balaban J connectivity index is 1.96. The van der Waals surface area contributed by atoms with Gasteiger partial charge < -0.3 is 19.1 Å². The number of fused-ring (bicyclic) bond motifs is 1. The summed E-state index contributed by atoms with van der Waals surface area (Å²) in [4.78, 5) is 18.5. The molecule has 3 rings (SSSR count). The van der Waals surface area contributed by atoms with E-state index in [1.807, 2.05) is 49.4 Å². The van der Waals surface area contributed by atoms with Gasteiger partial charge in [-0.3, -0.25) is 0 Å². The van der Waals surface area contributed by atoms with Crippen molar-refractivity contribution in [3.05, 3.63) is 64.8 Å². The summed E-state index contributed by atoms with van der Waals surface area (Å²) in [5.74, 6) is 1.07. The van der Waals surface area contributed by atoms with Gasteiger partial charge in [0.1, 0.15) is 18.8 Å². The van der Waals surface area contributed by atoms with Crippen LogP contribution in [0.4, 0.5) is 0 Å². The van der Waals surface area contributed by atoms with Crippen molar-refractivity contribution in [2.75, 3.05) is 28.4 Å². The molecule has 0 saturated carbocycles. The Hall–Kier alpha value is -3.12. The largest absolute Gasteiger partial charge is 0.493 e. The van der Waals surface area contributed by atoms with Gasteiger partial charge in [0.2, 0.25) is 0 Å². The van der Waals surface area contributed by atoms with Crippen LogP contribution in [0, 0.1) is 6.92 Å². The third-order valence-corrected chi connectivity index (χ3v) is 5.06. The van der Waals surface area contributed by atoms with Crippen LogP contribution < -0.4 is 14.4 Å². The van der Waals surface area contributed by atoms with Crippen molar-refractivity contribution in [2.45, 2.75) is 20.0 Å². The zero-order valence-electron chi connectivity index (χ0n) is 17.5. The number of nitrogens with zero attached hydrogens (tertiary/aromatic N) is 1. The van der Waals surface area contributed by atoms with Crippen molar-refractivity contribution < 1.29 is 23.9 Å². The van der Waals surface area contributed by atoms with Gasteiger partial charge in [0.05, 0.1) is 45.0 Å². The van der Waals surface area contributed by atoms with Crippen molar-refractivity contribution >= 4 is 16.9 Å². The van der Waals surface area contributed by atoms with Crippen molar-refractivity contribution in [3.63, 3.8) is 0 Å². The zero-order chi connectivity index (χ0) is 21.0. The summed E-state index contributed by atoms with van der Waals surface area (Å²) in [6.45, 7) is 3.20. The maximum Gasteiger partial charge on any atom is 0.340 e. The SMILES string of the molecule is COC(=O)c1c(C[NH+](C)Cc2cccc(OC)c2OC)nc2ccccc2c1C. The van der Waals surface area contributed by atoms with Gasteiger partial charge in [0.15, 0.2) is 11.5 Å². The van der Waals surface area contributed by atoms with Gasteiger partial charge in [-0.05, 0) is 30.7 Å². The van der Waals surface area contributed by atoms with E-state index in [-0.39, 0.29) is 5.97 Å². The van der Waals surface area contributed by atoms with Gasteiger partial charge in [-0.2, -0.15) is 0 Å². The molecule has 0 aliphatic heterocycles. The molecule has 1 unspecified atom stereocenters. The summed E-state index contributed by atoms with van der Waals surface area (Å²) in [5, 5.41) is 0.962. The third-order valence-electron chi connectivity index (χ3n) is 5.06. The Bertz CT molecular complexity index is 1030. The molecule has 0 aliphatic carbocycles. The Morgan fingerprint density at radius 3 is 2.45 bits per heavy atom. The lowest BCUT2D eigenvalue weighted by atomic mass is 10.0. The first-order chi connectivity index (χ1) is 14.0. The topological polar surface area (TPSA) is 62.1 Å². The summed E-state index contributed by atoms with van der Waals surface area (Å²) >= 11 is 0. The van der Waals surface area contributed by atoms with Gasteiger partial charge in [0, 0.05) is 5.39 Å². The molecule has 29 heavy (non-hydrogen) atoms. The zero-order valence-corrected chi connectivity index (χ0v) is 17.5. The highest BCUT2D eigenvalue weighted by atomic mass is 16.5. The maximum atomic E-state index is 12.5. The smallest absolute Gasteiger partial charge is 0.340 e. The number of pyridine rings is 1. The average molecular weight is 395 g/mol. The van der Waals surface area contributed by atoms with E-state index in [9.17, 15) is 4.79 Å². The molecule has 6 nitrogen and oxygen atoms in total. The van der Waals surface area contributed by atoms with Gasteiger partial charge in [0.25, 0.3) is 0 Å². The molecule has 1 aromatic heterocycles. The lowest BCUT2D eigenvalue weighted by Gasteiger charge is -2.19. The normalized spacial score (nSPS) is 11.9. The van der Waals surface area contributed by atoms with Crippen molar-refractivity contribution in [1.29, 1.82) is 0 Å². The number of esters is 1. The predicted molar refractivity (Wildman–Crippen MR) is 112 cm³/mol. The number of carbonyl (C=O) groups is 1. The van der Waals surface area contributed by atoms with Crippen LogP contribution in [0.3, 0.4) is 0 Å². The van der Waals surface area contributed by atoms with Crippen LogP contribution >= 0.6 is 0 Å². The summed E-state index contributed by atoms with van der Waals surface area (Å²) in [7, 11) is 6.73. The number of aryl methyl sites for hydroxylation is 1. The number of rotatable bonds is 7. The molecule has 0 spiro atoms. The second-order valence-corrected chi connectivity index (χ2v) is 7.03. The van der Waals surface area contributed by atoms with E-state index in [4.69, 9.17) is 19.2 Å². The van der Waals surface area contributed by atoms with E-state index in [0.717, 1.165) is 38.4 Å². The molecule has 1 heterocycles. The molecule has 0 amide bonds. The second-order valence-electron chi connectivity index (χ2n) is 7.03. The molecule has 0 saturated heterocycles. The quantitative estimate of drug-likeness (QED) is 0.623.